The molecule has 1 heterocycles. The van der Waals surface area contributed by atoms with Gasteiger partial charge >= 0.3 is 0 Å². The summed E-state index contributed by atoms with van der Waals surface area (Å²) in [7, 11) is 0. The molecule has 0 nitrogen and oxygen atoms in total. The monoisotopic (exact) mass is 164 g/mol. The van der Waals surface area contributed by atoms with Crippen molar-refractivity contribution in [2.45, 2.75) is 13.3 Å². The van der Waals surface area contributed by atoms with Gasteiger partial charge in [0.2, 0.25) is 0 Å². The number of allylic oxidation sites excluding steroid dienone is 3. The van der Waals surface area contributed by atoms with Crippen LogP contribution in [0.4, 0.5) is 0 Å². The van der Waals surface area contributed by atoms with Gasteiger partial charge in [0.1, 0.15) is 0 Å². The summed E-state index contributed by atoms with van der Waals surface area (Å²) in [6.45, 7) is 2.13. The molecule has 0 saturated carbocycles. The molecule has 0 N–H and O–H groups in total. The summed E-state index contributed by atoms with van der Waals surface area (Å²) in [5.41, 5.74) is 1.29. The highest BCUT2D eigenvalue weighted by Gasteiger charge is 1.81. The van der Waals surface area contributed by atoms with Crippen LogP contribution in [0.3, 0.4) is 0 Å². The number of hydrogen-bond donors (Lipinski definition) is 0. The second-order valence-electron chi connectivity index (χ2n) is 2.25. The Labute approximate surface area is 71.9 Å². The Kier molecular flexibility index (Phi) is 3.70. The van der Waals surface area contributed by atoms with Crippen molar-refractivity contribution in [2.24, 2.45) is 0 Å². The first kappa shape index (κ1) is 8.28. The van der Waals surface area contributed by atoms with Gasteiger partial charge in [-0.15, -0.1) is 0 Å². The van der Waals surface area contributed by atoms with Crippen LogP contribution < -0.4 is 0 Å². The van der Waals surface area contributed by atoms with E-state index in [0.717, 1.165) is 6.42 Å². The van der Waals surface area contributed by atoms with E-state index >= 15 is 0 Å². The SMILES string of the molecule is CC/C=C/C=C/c1ccsc1. The molecule has 0 aliphatic heterocycles. The Morgan fingerprint density at radius 3 is 3.00 bits per heavy atom. The largest absolute Gasteiger partial charge is 0.152 e. The van der Waals surface area contributed by atoms with E-state index in [0.29, 0.717) is 0 Å². The van der Waals surface area contributed by atoms with Crippen molar-refractivity contribution in [3.8, 4) is 0 Å². The van der Waals surface area contributed by atoms with Crippen molar-refractivity contribution in [1.82, 2.24) is 0 Å². The van der Waals surface area contributed by atoms with Crippen LogP contribution in [0.2, 0.25) is 0 Å². The molecule has 0 amide bonds. The van der Waals surface area contributed by atoms with Crippen molar-refractivity contribution in [3.63, 3.8) is 0 Å². The van der Waals surface area contributed by atoms with Gasteiger partial charge in [0.25, 0.3) is 0 Å². The Morgan fingerprint density at radius 2 is 2.36 bits per heavy atom. The lowest BCUT2D eigenvalue weighted by Crippen LogP contribution is -1.57. The highest BCUT2D eigenvalue weighted by molar-refractivity contribution is 7.08. The second-order valence-corrected chi connectivity index (χ2v) is 3.03. The maximum Gasteiger partial charge on any atom is -0.00208 e. The van der Waals surface area contributed by atoms with E-state index in [1.807, 2.05) is 0 Å². The van der Waals surface area contributed by atoms with E-state index in [9.17, 15) is 0 Å². The maximum absolute atomic E-state index is 2.14. The summed E-state index contributed by atoms with van der Waals surface area (Å²) in [6.07, 6.45) is 9.52. The van der Waals surface area contributed by atoms with Gasteiger partial charge in [-0.1, -0.05) is 31.2 Å². The average molecular weight is 164 g/mol. The Hall–Kier alpha value is -0.820. The van der Waals surface area contributed by atoms with Gasteiger partial charge in [-0.2, -0.15) is 11.3 Å². The van der Waals surface area contributed by atoms with Crippen molar-refractivity contribution in [1.29, 1.82) is 0 Å². The van der Waals surface area contributed by atoms with Gasteiger partial charge in [0, 0.05) is 0 Å². The molecule has 1 aromatic rings. The molecule has 0 bridgehead atoms. The predicted molar refractivity (Wildman–Crippen MR) is 52.8 cm³/mol. The summed E-state index contributed by atoms with van der Waals surface area (Å²) >= 11 is 1.73. The summed E-state index contributed by atoms with van der Waals surface area (Å²) < 4.78 is 0. The Bertz CT molecular complexity index is 229. The summed E-state index contributed by atoms with van der Waals surface area (Å²) in [5, 5.41) is 4.22. The first-order valence-corrected chi connectivity index (χ1v) is 4.73. The lowest BCUT2D eigenvalue weighted by Gasteiger charge is -1.79. The quantitative estimate of drug-likeness (QED) is 0.597. The molecule has 1 aromatic heterocycles. The molecule has 0 aliphatic carbocycles. The van der Waals surface area contributed by atoms with E-state index in [4.69, 9.17) is 0 Å². The van der Waals surface area contributed by atoms with Crippen LogP contribution in [0.5, 0.6) is 0 Å². The fourth-order valence-corrected chi connectivity index (χ4v) is 1.38. The normalized spacial score (nSPS) is 11.7. The first-order chi connectivity index (χ1) is 5.43. The van der Waals surface area contributed by atoms with Crippen molar-refractivity contribution >= 4 is 17.4 Å². The highest BCUT2D eigenvalue weighted by atomic mass is 32.1. The molecule has 0 spiro atoms. The Morgan fingerprint density at radius 1 is 1.45 bits per heavy atom. The minimum Gasteiger partial charge on any atom is -0.152 e. The molecule has 0 aliphatic rings. The van der Waals surface area contributed by atoms with Crippen molar-refractivity contribution in [2.75, 3.05) is 0 Å². The Balaban J connectivity index is 2.43. The average Bonchev–Trinajstić information content (AvgIpc) is 2.50. The highest BCUT2D eigenvalue weighted by Crippen LogP contribution is 2.07. The third-order valence-corrected chi connectivity index (χ3v) is 2.02. The zero-order valence-electron chi connectivity index (χ0n) is 6.66. The van der Waals surface area contributed by atoms with Gasteiger partial charge in [-0.3, -0.25) is 0 Å². The fraction of sp³-hybridized carbons (Fsp3) is 0.200. The van der Waals surface area contributed by atoms with Crippen molar-refractivity contribution in [3.05, 3.63) is 40.6 Å². The minimum atomic E-state index is 1.11. The molecule has 0 aromatic carbocycles. The van der Waals surface area contributed by atoms with Crippen LogP contribution in [-0.4, -0.2) is 0 Å². The molecule has 1 heteroatoms. The topological polar surface area (TPSA) is 0 Å². The summed E-state index contributed by atoms with van der Waals surface area (Å²) in [6, 6.07) is 2.11. The van der Waals surface area contributed by atoms with Crippen LogP contribution in [0.1, 0.15) is 18.9 Å². The van der Waals surface area contributed by atoms with Crippen LogP contribution in [-0.2, 0) is 0 Å². The van der Waals surface area contributed by atoms with Gasteiger partial charge < -0.3 is 0 Å². The molecule has 0 saturated heterocycles. The van der Waals surface area contributed by atoms with Crippen LogP contribution >= 0.6 is 11.3 Å². The van der Waals surface area contributed by atoms with E-state index in [1.165, 1.54) is 5.56 Å². The molecule has 58 valence electrons. The van der Waals surface area contributed by atoms with E-state index < -0.39 is 0 Å². The van der Waals surface area contributed by atoms with Gasteiger partial charge in [0.05, 0.1) is 0 Å². The molecule has 0 radical (unpaired) electrons. The molecule has 11 heavy (non-hydrogen) atoms. The van der Waals surface area contributed by atoms with Crippen LogP contribution in [0.15, 0.2) is 35.1 Å². The minimum absolute atomic E-state index is 1.11. The summed E-state index contributed by atoms with van der Waals surface area (Å²) in [4.78, 5) is 0. The predicted octanol–water partition coefficient (Wildman–Crippen LogP) is 3.73. The van der Waals surface area contributed by atoms with Crippen molar-refractivity contribution < 1.29 is 0 Å². The molecular weight excluding hydrogens is 152 g/mol. The number of thiophene rings is 1. The molecule has 0 unspecified atom stereocenters. The molecule has 1 rings (SSSR count). The van der Waals surface area contributed by atoms with Gasteiger partial charge in [-0.05, 0) is 28.8 Å². The lowest BCUT2D eigenvalue weighted by molar-refractivity contribution is 1.22. The maximum atomic E-state index is 2.14. The van der Waals surface area contributed by atoms with E-state index in [-0.39, 0.29) is 0 Å². The van der Waals surface area contributed by atoms with Crippen LogP contribution in [0.25, 0.3) is 6.08 Å². The molecular formula is C10H12S. The van der Waals surface area contributed by atoms with Crippen LogP contribution in [0, 0.1) is 0 Å². The first-order valence-electron chi connectivity index (χ1n) is 3.79. The lowest BCUT2D eigenvalue weighted by atomic mass is 10.3. The van der Waals surface area contributed by atoms with E-state index in [2.05, 4.69) is 48.1 Å². The zero-order chi connectivity index (χ0) is 7.94. The van der Waals surface area contributed by atoms with Gasteiger partial charge in [-0.25, -0.2) is 0 Å². The third-order valence-electron chi connectivity index (χ3n) is 1.31. The standard InChI is InChI=1S/C10H12S/c1-2-3-4-5-6-10-7-8-11-9-10/h3-9H,2H2,1H3/b4-3+,6-5+. The van der Waals surface area contributed by atoms with Gasteiger partial charge in [0.15, 0.2) is 0 Å². The molecule has 0 fully saturated rings. The van der Waals surface area contributed by atoms with E-state index in [1.54, 1.807) is 11.3 Å². The number of hydrogen-bond acceptors (Lipinski definition) is 1. The smallest absolute Gasteiger partial charge is 0.00208 e. The third kappa shape index (κ3) is 3.19. The second kappa shape index (κ2) is 4.91. The summed E-state index contributed by atoms with van der Waals surface area (Å²) in [5.74, 6) is 0. The molecule has 0 atom stereocenters. The zero-order valence-corrected chi connectivity index (χ0v) is 7.47. The number of rotatable bonds is 3. The fourth-order valence-electron chi connectivity index (χ4n) is 0.751.